The van der Waals surface area contributed by atoms with Crippen molar-refractivity contribution in [3.05, 3.63) is 60.3 Å². The lowest BCUT2D eigenvalue weighted by atomic mass is 9.89. The fraction of sp³-hybridized carbons (Fsp3) is 0.318. The number of aromatic nitrogens is 1. The Morgan fingerprint density at radius 1 is 1.15 bits per heavy atom. The summed E-state index contributed by atoms with van der Waals surface area (Å²) in [7, 11) is 3.96. The van der Waals surface area contributed by atoms with Crippen LogP contribution in [0.2, 0.25) is 0 Å². The van der Waals surface area contributed by atoms with Gasteiger partial charge in [0, 0.05) is 35.5 Å². The molecule has 1 aromatic heterocycles. The van der Waals surface area contributed by atoms with E-state index in [1.54, 1.807) is 11.9 Å². The Hall–Kier alpha value is -2.79. The number of para-hydroxylation sites is 1. The van der Waals surface area contributed by atoms with Gasteiger partial charge in [0.15, 0.2) is 0 Å². The van der Waals surface area contributed by atoms with Gasteiger partial charge in [-0.1, -0.05) is 18.2 Å². The van der Waals surface area contributed by atoms with E-state index in [4.69, 9.17) is 0 Å². The van der Waals surface area contributed by atoms with Crippen LogP contribution in [0.15, 0.2) is 54.7 Å². The van der Waals surface area contributed by atoms with Crippen LogP contribution >= 0.6 is 0 Å². The highest BCUT2D eigenvalue weighted by Gasteiger charge is 2.21. The zero-order chi connectivity index (χ0) is 18.8. The minimum absolute atomic E-state index is 0.142. The number of benzene rings is 2. The smallest absolute Gasteiger partial charge is 0.326 e. The first kappa shape index (κ1) is 17.6. The van der Waals surface area contributed by atoms with Crippen molar-refractivity contribution in [3.63, 3.8) is 0 Å². The van der Waals surface area contributed by atoms with Gasteiger partial charge in [-0.2, -0.15) is 0 Å². The third kappa shape index (κ3) is 3.69. The molecule has 1 fully saturated rings. The number of aromatic amines is 1. The van der Waals surface area contributed by atoms with Crippen LogP contribution in [0.5, 0.6) is 0 Å². The predicted octanol–water partition coefficient (Wildman–Crippen LogP) is 4.65. The van der Waals surface area contributed by atoms with Gasteiger partial charge in [0.2, 0.25) is 0 Å². The van der Waals surface area contributed by atoms with Gasteiger partial charge < -0.3 is 15.2 Å². The maximum absolute atomic E-state index is 12.6. The largest absolute Gasteiger partial charge is 0.361 e. The molecule has 2 amide bonds. The number of rotatable bonds is 3. The minimum Gasteiger partial charge on any atom is -0.361 e. The molecule has 2 heterocycles. The van der Waals surface area contributed by atoms with Crippen LogP contribution in [0.4, 0.5) is 16.2 Å². The van der Waals surface area contributed by atoms with Gasteiger partial charge in [0.25, 0.3) is 0 Å². The van der Waals surface area contributed by atoms with Crippen molar-refractivity contribution in [2.24, 2.45) is 0 Å². The molecule has 0 atom stereocenters. The van der Waals surface area contributed by atoms with Crippen LogP contribution in [0.1, 0.15) is 24.3 Å². The second-order valence-electron chi connectivity index (χ2n) is 7.41. The quantitative estimate of drug-likeness (QED) is 0.713. The Morgan fingerprint density at radius 2 is 1.89 bits per heavy atom. The van der Waals surface area contributed by atoms with Crippen LogP contribution in [0, 0.1) is 0 Å². The number of anilines is 2. The molecule has 0 unspecified atom stereocenters. The molecule has 0 aliphatic carbocycles. The summed E-state index contributed by atoms with van der Waals surface area (Å²) < 4.78 is 0. The summed E-state index contributed by atoms with van der Waals surface area (Å²) in [5.41, 5.74) is 4.18. The first-order valence-corrected chi connectivity index (χ1v) is 9.51. The number of H-pyrrole nitrogens is 1. The van der Waals surface area contributed by atoms with Gasteiger partial charge in [0.1, 0.15) is 0 Å². The highest BCUT2D eigenvalue weighted by molar-refractivity contribution is 6.02. The number of urea groups is 1. The van der Waals surface area contributed by atoms with Crippen molar-refractivity contribution in [2.45, 2.75) is 18.8 Å². The summed E-state index contributed by atoms with van der Waals surface area (Å²) in [5.74, 6) is 0.577. The van der Waals surface area contributed by atoms with E-state index >= 15 is 0 Å². The number of nitrogens with zero attached hydrogens (tertiary/aromatic N) is 2. The Morgan fingerprint density at radius 3 is 2.63 bits per heavy atom. The molecule has 2 N–H and O–H groups in total. The highest BCUT2D eigenvalue weighted by Crippen LogP contribution is 2.34. The number of fused-ring (bicyclic) bond motifs is 1. The minimum atomic E-state index is -0.142. The predicted molar refractivity (Wildman–Crippen MR) is 112 cm³/mol. The van der Waals surface area contributed by atoms with E-state index in [-0.39, 0.29) is 6.03 Å². The molecule has 3 aromatic rings. The molecule has 4 rings (SSSR count). The van der Waals surface area contributed by atoms with E-state index in [1.807, 2.05) is 42.5 Å². The SMILES string of the molecule is CN1CCC(c2c[nH]c3ccc(NC(=O)N(C)c4ccccc4)cc23)CC1. The summed E-state index contributed by atoms with van der Waals surface area (Å²) in [6.45, 7) is 2.27. The lowest BCUT2D eigenvalue weighted by Gasteiger charge is -2.28. The first-order valence-electron chi connectivity index (χ1n) is 9.51. The fourth-order valence-corrected chi connectivity index (χ4v) is 3.85. The summed E-state index contributed by atoms with van der Waals surface area (Å²) >= 11 is 0. The lowest BCUT2D eigenvalue weighted by Crippen LogP contribution is -2.31. The van der Waals surface area contributed by atoms with E-state index in [9.17, 15) is 4.79 Å². The van der Waals surface area contributed by atoms with Gasteiger partial charge in [-0.25, -0.2) is 4.79 Å². The number of likely N-dealkylation sites (tertiary alicyclic amines) is 1. The highest BCUT2D eigenvalue weighted by atomic mass is 16.2. The third-order valence-corrected chi connectivity index (χ3v) is 5.57. The molecule has 0 radical (unpaired) electrons. The summed E-state index contributed by atoms with van der Waals surface area (Å²) in [6.07, 6.45) is 4.50. The Balaban J connectivity index is 1.54. The second-order valence-corrected chi connectivity index (χ2v) is 7.41. The number of carbonyl (C=O) groups is 1. The van der Waals surface area contributed by atoms with Crippen LogP contribution in [-0.4, -0.2) is 43.1 Å². The monoisotopic (exact) mass is 362 g/mol. The second kappa shape index (κ2) is 7.45. The molecule has 140 valence electrons. The topological polar surface area (TPSA) is 51.4 Å². The number of amides is 2. The van der Waals surface area contributed by atoms with Gasteiger partial charge in [-0.15, -0.1) is 0 Å². The maximum Gasteiger partial charge on any atom is 0.326 e. The van der Waals surface area contributed by atoms with Crippen LogP contribution < -0.4 is 10.2 Å². The summed E-state index contributed by atoms with van der Waals surface area (Å²) in [6, 6.07) is 15.6. The summed E-state index contributed by atoms with van der Waals surface area (Å²) in [5, 5.41) is 4.24. The van der Waals surface area contributed by atoms with Gasteiger partial charge in [-0.3, -0.25) is 4.90 Å². The maximum atomic E-state index is 12.6. The molecule has 27 heavy (non-hydrogen) atoms. The van der Waals surface area contributed by atoms with E-state index in [0.29, 0.717) is 5.92 Å². The summed E-state index contributed by atoms with van der Waals surface area (Å²) in [4.78, 5) is 20.0. The van der Waals surface area contributed by atoms with Crippen molar-refractivity contribution in [2.75, 3.05) is 37.4 Å². The zero-order valence-corrected chi connectivity index (χ0v) is 15.9. The molecule has 1 aliphatic rings. The Bertz CT molecular complexity index is 926. The van der Waals surface area contributed by atoms with E-state index in [1.165, 1.54) is 23.8 Å². The molecule has 5 heteroatoms. The molecule has 5 nitrogen and oxygen atoms in total. The standard InChI is InChI=1S/C22H26N4O/c1-25-12-10-16(11-13-25)20-15-23-21-9-8-17(14-19(20)21)24-22(27)26(2)18-6-4-3-5-7-18/h3-9,14-16,23H,10-13H2,1-2H3,(H,24,27). The lowest BCUT2D eigenvalue weighted by molar-refractivity contribution is 0.256. The van der Waals surface area contributed by atoms with Crippen molar-refractivity contribution in [1.29, 1.82) is 0 Å². The number of hydrogen-bond acceptors (Lipinski definition) is 2. The van der Waals surface area contributed by atoms with Gasteiger partial charge >= 0.3 is 6.03 Å². The average molecular weight is 362 g/mol. The van der Waals surface area contributed by atoms with E-state index in [0.717, 1.165) is 30.0 Å². The van der Waals surface area contributed by atoms with Crippen molar-refractivity contribution >= 4 is 28.3 Å². The number of carbonyl (C=O) groups excluding carboxylic acids is 1. The molecule has 1 saturated heterocycles. The molecule has 0 spiro atoms. The van der Waals surface area contributed by atoms with E-state index < -0.39 is 0 Å². The Labute approximate surface area is 160 Å². The molecular formula is C22H26N4O. The van der Waals surface area contributed by atoms with E-state index in [2.05, 4.69) is 34.5 Å². The van der Waals surface area contributed by atoms with Gasteiger partial charge in [0.05, 0.1) is 0 Å². The van der Waals surface area contributed by atoms with Crippen LogP contribution in [0.3, 0.4) is 0 Å². The fourth-order valence-electron chi connectivity index (χ4n) is 3.85. The molecule has 0 saturated carbocycles. The van der Waals surface area contributed by atoms with Crippen molar-refractivity contribution < 1.29 is 4.79 Å². The number of nitrogens with one attached hydrogen (secondary N) is 2. The molecule has 0 bridgehead atoms. The van der Waals surface area contributed by atoms with Crippen LogP contribution in [0.25, 0.3) is 10.9 Å². The van der Waals surface area contributed by atoms with Crippen molar-refractivity contribution in [1.82, 2.24) is 9.88 Å². The molecule has 2 aromatic carbocycles. The normalized spacial score (nSPS) is 15.8. The third-order valence-electron chi connectivity index (χ3n) is 5.57. The van der Waals surface area contributed by atoms with Crippen LogP contribution in [-0.2, 0) is 0 Å². The zero-order valence-electron chi connectivity index (χ0n) is 15.9. The number of hydrogen-bond donors (Lipinski definition) is 2. The Kier molecular flexibility index (Phi) is 4.86. The molecule has 1 aliphatic heterocycles. The first-order chi connectivity index (χ1) is 13.1. The molecular weight excluding hydrogens is 336 g/mol. The average Bonchev–Trinajstić information content (AvgIpc) is 3.12. The number of piperidine rings is 1. The van der Waals surface area contributed by atoms with Gasteiger partial charge in [-0.05, 0) is 74.8 Å². The van der Waals surface area contributed by atoms with Crippen molar-refractivity contribution in [3.8, 4) is 0 Å².